The van der Waals surface area contributed by atoms with Crippen molar-refractivity contribution in [3.63, 3.8) is 0 Å². The highest BCUT2D eigenvalue weighted by Crippen LogP contribution is 2.18. The van der Waals surface area contributed by atoms with Crippen LogP contribution in [0, 0.1) is 0 Å². The Labute approximate surface area is 91.1 Å². The van der Waals surface area contributed by atoms with Crippen molar-refractivity contribution in [2.45, 2.75) is 12.1 Å². The molecule has 0 unspecified atom stereocenters. The van der Waals surface area contributed by atoms with E-state index in [1.54, 1.807) is 0 Å². The zero-order valence-corrected chi connectivity index (χ0v) is 8.91. The van der Waals surface area contributed by atoms with Gasteiger partial charge in [0, 0.05) is 12.5 Å². The Hall–Kier alpha value is -1.62. The summed E-state index contributed by atoms with van der Waals surface area (Å²) >= 11 is 1.02. The Kier molecular flexibility index (Phi) is 2.82. The van der Waals surface area contributed by atoms with E-state index in [2.05, 4.69) is 15.2 Å². The third-order valence-electron chi connectivity index (χ3n) is 1.75. The van der Waals surface area contributed by atoms with E-state index in [1.165, 1.54) is 6.92 Å². The van der Waals surface area contributed by atoms with Crippen LogP contribution in [-0.2, 0) is 4.79 Å². The molecule has 76 valence electrons. The van der Waals surface area contributed by atoms with E-state index in [0.717, 1.165) is 17.3 Å². The normalized spacial score (nSPS) is 10.2. The summed E-state index contributed by atoms with van der Waals surface area (Å²) in [6.07, 6.45) is 0. The lowest BCUT2D eigenvalue weighted by molar-refractivity contribution is -0.109. The van der Waals surface area contributed by atoms with Gasteiger partial charge in [0.15, 0.2) is 10.9 Å². The highest BCUT2D eigenvalue weighted by atomic mass is 32.2. The Morgan fingerprint density at radius 3 is 2.73 bits per heavy atom. The van der Waals surface area contributed by atoms with Crippen molar-refractivity contribution in [1.82, 2.24) is 15.2 Å². The van der Waals surface area contributed by atoms with Gasteiger partial charge in [-0.25, -0.2) is 4.98 Å². The predicted octanol–water partition coefficient (Wildman–Crippen LogP) is 2.11. The molecule has 1 aromatic heterocycles. The summed E-state index contributed by atoms with van der Waals surface area (Å²) < 4.78 is 0. The molecule has 0 aliphatic carbocycles. The maximum atomic E-state index is 10.8. The quantitative estimate of drug-likeness (QED) is 0.786. The van der Waals surface area contributed by atoms with Crippen molar-refractivity contribution in [2.24, 2.45) is 0 Å². The molecule has 15 heavy (non-hydrogen) atoms. The van der Waals surface area contributed by atoms with Crippen LogP contribution in [0.1, 0.15) is 6.92 Å². The van der Waals surface area contributed by atoms with Crippen molar-refractivity contribution in [1.29, 1.82) is 0 Å². The lowest BCUT2D eigenvalue weighted by Gasteiger charge is -1.92. The van der Waals surface area contributed by atoms with Crippen LogP contribution in [-0.4, -0.2) is 20.3 Å². The first-order valence-corrected chi connectivity index (χ1v) is 5.23. The number of carbonyl (C=O) groups is 1. The van der Waals surface area contributed by atoms with Crippen LogP contribution in [0.4, 0.5) is 0 Å². The summed E-state index contributed by atoms with van der Waals surface area (Å²) in [6.45, 7) is 1.49. The van der Waals surface area contributed by atoms with Gasteiger partial charge in [-0.15, -0.1) is 5.10 Å². The molecule has 0 aliphatic heterocycles. The molecule has 0 saturated carbocycles. The molecule has 1 heterocycles. The molecule has 0 radical (unpaired) electrons. The second-order valence-electron chi connectivity index (χ2n) is 2.93. The van der Waals surface area contributed by atoms with Crippen molar-refractivity contribution < 1.29 is 4.79 Å². The average Bonchev–Trinajstić information content (AvgIpc) is 2.67. The van der Waals surface area contributed by atoms with E-state index in [0.29, 0.717) is 11.0 Å². The van der Waals surface area contributed by atoms with Crippen molar-refractivity contribution in [3.05, 3.63) is 30.3 Å². The van der Waals surface area contributed by atoms with Gasteiger partial charge in [0.05, 0.1) is 0 Å². The summed E-state index contributed by atoms with van der Waals surface area (Å²) in [5.41, 5.74) is 0.959. The van der Waals surface area contributed by atoms with Crippen molar-refractivity contribution >= 4 is 16.9 Å². The highest BCUT2D eigenvalue weighted by molar-refractivity contribution is 8.13. The number of thioether (sulfide) groups is 1. The summed E-state index contributed by atoms with van der Waals surface area (Å²) in [5, 5.41) is 7.17. The molecule has 0 saturated heterocycles. The van der Waals surface area contributed by atoms with Gasteiger partial charge >= 0.3 is 0 Å². The third kappa shape index (κ3) is 2.44. The lowest BCUT2D eigenvalue weighted by Crippen LogP contribution is -1.83. The Balaban J connectivity index is 2.24. The molecule has 0 fully saturated rings. The molecule has 0 bridgehead atoms. The molecular weight excluding hydrogens is 210 g/mol. The number of rotatable bonds is 2. The van der Waals surface area contributed by atoms with E-state index >= 15 is 0 Å². The van der Waals surface area contributed by atoms with Gasteiger partial charge < -0.3 is 0 Å². The summed E-state index contributed by atoms with van der Waals surface area (Å²) in [6, 6.07) is 9.65. The number of hydrogen-bond donors (Lipinski definition) is 1. The maximum Gasteiger partial charge on any atom is 0.216 e. The van der Waals surface area contributed by atoms with Gasteiger partial charge in [-0.05, 0) is 11.8 Å². The number of aromatic amines is 1. The van der Waals surface area contributed by atoms with Gasteiger partial charge in [-0.2, -0.15) is 0 Å². The largest absolute Gasteiger partial charge is 0.287 e. The lowest BCUT2D eigenvalue weighted by atomic mass is 10.2. The molecule has 0 amide bonds. The van der Waals surface area contributed by atoms with Crippen LogP contribution in [0.25, 0.3) is 11.4 Å². The van der Waals surface area contributed by atoms with Crippen LogP contribution in [0.3, 0.4) is 0 Å². The van der Waals surface area contributed by atoms with Gasteiger partial charge in [0.2, 0.25) is 5.16 Å². The Bertz CT molecular complexity index is 467. The molecule has 0 atom stereocenters. The summed E-state index contributed by atoms with van der Waals surface area (Å²) in [5.74, 6) is 0.680. The zero-order valence-electron chi connectivity index (χ0n) is 8.10. The average molecular weight is 219 g/mol. The molecule has 1 N–H and O–H groups in total. The minimum Gasteiger partial charge on any atom is -0.287 e. The standard InChI is InChI=1S/C10H9N3OS/c1-7(14)15-10-11-9(12-13-10)8-5-3-2-4-6-8/h2-6H,1H3,(H,11,12,13). The third-order valence-corrected chi connectivity index (χ3v) is 2.40. The van der Waals surface area contributed by atoms with Crippen molar-refractivity contribution in [3.8, 4) is 11.4 Å². The van der Waals surface area contributed by atoms with Gasteiger partial charge in [0.25, 0.3) is 0 Å². The smallest absolute Gasteiger partial charge is 0.216 e. The monoisotopic (exact) mass is 219 g/mol. The number of aromatic nitrogens is 3. The summed E-state index contributed by atoms with van der Waals surface area (Å²) in [7, 11) is 0. The number of hydrogen-bond acceptors (Lipinski definition) is 4. The Morgan fingerprint density at radius 1 is 1.33 bits per heavy atom. The minimum atomic E-state index is -0.0198. The number of carbonyl (C=O) groups excluding carboxylic acids is 1. The second-order valence-corrected chi connectivity index (χ2v) is 4.07. The maximum absolute atomic E-state index is 10.8. The molecule has 0 aliphatic rings. The van der Waals surface area contributed by atoms with Crippen LogP contribution in [0.5, 0.6) is 0 Å². The molecule has 1 aromatic carbocycles. The van der Waals surface area contributed by atoms with E-state index in [-0.39, 0.29) is 5.12 Å². The highest BCUT2D eigenvalue weighted by Gasteiger charge is 2.07. The fourth-order valence-corrected chi connectivity index (χ4v) is 1.63. The first-order valence-electron chi connectivity index (χ1n) is 4.42. The Morgan fingerprint density at radius 2 is 2.07 bits per heavy atom. The van der Waals surface area contributed by atoms with Gasteiger partial charge in [-0.1, -0.05) is 30.3 Å². The number of nitrogens with zero attached hydrogens (tertiary/aromatic N) is 2. The predicted molar refractivity (Wildman–Crippen MR) is 58.4 cm³/mol. The molecule has 4 nitrogen and oxygen atoms in total. The van der Waals surface area contributed by atoms with E-state index < -0.39 is 0 Å². The minimum absolute atomic E-state index is 0.0198. The van der Waals surface area contributed by atoms with Crippen LogP contribution in [0.2, 0.25) is 0 Å². The number of benzene rings is 1. The topological polar surface area (TPSA) is 58.6 Å². The van der Waals surface area contributed by atoms with Gasteiger partial charge in [0.1, 0.15) is 0 Å². The first kappa shape index (κ1) is 9.92. The molecule has 2 aromatic rings. The van der Waals surface area contributed by atoms with Gasteiger partial charge in [-0.3, -0.25) is 9.89 Å². The molecule has 5 heteroatoms. The van der Waals surface area contributed by atoms with Crippen molar-refractivity contribution in [2.75, 3.05) is 0 Å². The van der Waals surface area contributed by atoms with Crippen LogP contribution in [0.15, 0.2) is 35.5 Å². The fraction of sp³-hybridized carbons (Fsp3) is 0.100. The van der Waals surface area contributed by atoms with E-state index in [9.17, 15) is 4.79 Å². The molecular formula is C10H9N3OS. The van der Waals surface area contributed by atoms with Crippen LogP contribution >= 0.6 is 11.8 Å². The second kappa shape index (κ2) is 4.27. The first-order chi connectivity index (χ1) is 7.25. The molecule has 2 rings (SSSR count). The molecule has 0 spiro atoms. The SMILES string of the molecule is CC(=O)Sc1n[nH]c(-c2ccccc2)n1. The number of nitrogens with one attached hydrogen (secondary N) is 1. The fourth-order valence-electron chi connectivity index (χ4n) is 1.15. The summed E-state index contributed by atoms with van der Waals surface area (Å²) in [4.78, 5) is 15.0. The zero-order chi connectivity index (χ0) is 10.7. The van der Waals surface area contributed by atoms with Crippen LogP contribution < -0.4 is 0 Å². The van der Waals surface area contributed by atoms with E-state index in [1.807, 2.05) is 30.3 Å². The number of H-pyrrole nitrogens is 1. The van der Waals surface area contributed by atoms with E-state index in [4.69, 9.17) is 0 Å².